The third-order valence-corrected chi connectivity index (χ3v) is 3.73. The van der Waals surface area contributed by atoms with Crippen molar-refractivity contribution in [3.63, 3.8) is 0 Å². The van der Waals surface area contributed by atoms with Crippen LogP contribution in [0.2, 0.25) is 0 Å². The van der Waals surface area contributed by atoms with E-state index in [9.17, 15) is 0 Å². The number of rotatable bonds is 7. The van der Waals surface area contributed by atoms with Gasteiger partial charge < -0.3 is 10.6 Å². The Kier molecular flexibility index (Phi) is 6.76. The molecule has 1 aromatic rings. The predicted octanol–water partition coefficient (Wildman–Crippen LogP) is 3.36. The fourth-order valence-corrected chi connectivity index (χ4v) is 2.60. The molecule has 0 saturated carbocycles. The molecule has 1 rings (SSSR count). The molecule has 0 aromatic heterocycles. The Morgan fingerprint density at radius 1 is 1.17 bits per heavy atom. The van der Waals surface area contributed by atoms with Crippen LogP contribution in [0.25, 0.3) is 0 Å². The van der Waals surface area contributed by atoms with E-state index in [-0.39, 0.29) is 6.04 Å². The molecule has 0 aliphatic carbocycles. The van der Waals surface area contributed by atoms with Gasteiger partial charge in [0, 0.05) is 22.7 Å². The summed E-state index contributed by atoms with van der Waals surface area (Å²) < 4.78 is 0. The highest BCUT2D eigenvalue weighted by molar-refractivity contribution is 7.99. The van der Waals surface area contributed by atoms with E-state index in [1.165, 1.54) is 10.5 Å². The summed E-state index contributed by atoms with van der Waals surface area (Å²) >= 11 is 1.91. The molecule has 0 heterocycles. The van der Waals surface area contributed by atoms with Gasteiger partial charge >= 0.3 is 0 Å². The molecule has 0 fully saturated rings. The summed E-state index contributed by atoms with van der Waals surface area (Å²) in [5.74, 6) is 0. The minimum Gasteiger partial charge on any atom is -0.328 e. The monoisotopic (exact) mass is 266 g/mol. The first-order chi connectivity index (χ1) is 8.47. The quantitative estimate of drug-likeness (QED) is 0.767. The van der Waals surface area contributed by atoms with Crippen LogP contribution >= 0.6 is 11.8 Å². The second-order valence-electron chi connectivity index (χ2n) is 5.31. The molecular formula is C15H26N2S. The van der Waals surface area contributed by atoms with Crippen molar-refractivity contribution in [3.8, 4) is 0 Å². The van der Waals surface area contributed by atoms with Crippen molar-refractivity contribution in [2.24, 2.45) is 5.73 Å². The summed E-state index contributed by atoms with van der Waals surface area (Å²) in [5, 5.41) is 0.643. The van der Waals surface area contributed by atoms with Gasteiger partial charge in [-0.15, -0.1) is 11.8 Å². The van der Waals surface area contributed by atoms with Crippen molar-refractivity contribution in [1.29, 1.82) is 0 Å². The average Bonchev–Trinajstić information content (AvgIpc) is 2.28. The smallest absolute Gasteiger partial charge is 0.0230 e. The van der Waals surface area contributed by atoms with Gasteiger partial charge in [-0.2, -0.15) is 0 Å². The zero-order valence-corrected chi connectivity index (χ0v) is 12.8. The highest BCUT2D eigenvalue weighted by Crippen LogP contribution is 2.23. The lowest BCUT2D eigenvalue weighted by molar-refractivity contribution is 0.313. The van der Waals surface area contributed by atoms with Crippen molar-refractivity contribution >= 4 is 11.8 Å². The van der Waals surface area contributed by atoms with Gasteiger partial charge in [0.1, 0.15) is 0 Å². The third kappa shape index (κ3) is 6.43. The molecule has 2 nitrogen and oxygen atoms in total. The first kappa shape index (κ1) is 15.5. The van der Waals surface area contributed by atoms with E-state index >= 15 is 0 Å². The van der Waals surface area contributed by atoms with Crippen LogP contribution < -0.4 is 5.73 Å². The van der Waals surface area contributed by atoms with Crippen LogP contribution in [-0.4, -0.2) is 29.8 Å². The first-order valence-corrected chi connectivity index (χ1v) is 7.55. The summed E-state index contributed by atoms with van der Waals surface area (Å²) in [6.45, 7) is 8.56. The van der Waals surface area contributed by atoms with Crippen LogP contribution in [0.3, 0.4) is 0 Å². The Balaban J connectivity index is 2.42. The van der Waals surface area contributed by atoms with Crippen LogP contribution in [0, 0.1) is 0 Å². The van der Waals surface area contributed by atoms with E-state index < -0.39 is 0 Å². The van der Waals surface area contributed by atoms with E-state index in [1.54, 1.807) is 0 Å². The molecule has 102 valence electrons. The number of nitrogens with zero attached hydrogens (tertiary/aromatic N) is 1. The van der Waals surface area contributed by atoms with Crippen molar-refractivity contribution in [3.05, 3.63) is 29.8 Å². The number of nitrogens with two attached hydrogens (primary N) is 1. The van der Waals surface area contributed by atoms with Gasteiger partial charge in [-0.3, -0.25) is 0 Å². The van der Waals surface area contributed by atoms with Gasteiger partial charge in [-0.1, -0.05) is 26.0 Å². The lowest BCUT2D eigenvalue weighted by Gasteiger charge is -2.18. The fraction of sp³-hybridized carbons (Fsp3) is 0.600. The lowest BCUT2D eigenvalue weighted by Crippen LogP contribution is -2.25. The topological polar surface area (TPSA) is 29.3 Å². The van der Waals surface area contributed by atoms with Gasteiger partial charge in [0.05, 0.1) is 0 Å². The summed E-state index contributed by atoms with van der Waals surface area (Å²) in [4.78, 5) is 3.68. The van der Waals surface area contributed by atoms with Crippen molar-refractivity contribution in [2.75, 3.05) is 13.6 Å². The minimum absolute atomic E-state index is 0.289. The zero-order valence-electron chi connectivity index (χ0n) is 12.0. The van der Waals surface area contributed by atoms with Crippen LogP contribution in [0.5, 0.6) is 0 Å². The highest BCUT2D eigenvalue weighted by atomic mass is 32.2. The van der Waals surface area contributed by atoms with E-state index in [2.05, 4.69) is 57.0 Å². The first-order valence-electron chi connectivity index (χ1n) is 6.67. The Morgan fingerprint density at radius 2 is 1.78 bits per heavy atom. The molecule has 3 heteroatoms. The molecule has 18 heavy (non-hydrogen) atoms. The summed E-state index contributed by atoms with van der Waals surface area (Å²) in [7, 11) is 2.15. The van der Waals surface area contributed by atoms with Gasteiger partial charge in [0.25, 0.3) is 0 Å². The second kappa shape index (κ2) is 7.82. The summed E-state index contributed by atoms with van der Waals surface area (Å²) in [6.07, 6.45) is 1.05. The molecule has 1 aromatic carbocycles. The van der Waals surface area contributed by atoms with Gasteiger partial charge in [0.15, 0.2) is 0 Å². The number of thioether (sulfide) groups is 1. The van der Waals surface area contributed by atoms with Crippen LogP contribution in [0.15, 0.2) is 29.2 Å². The maximum atomic E-state index is 5.77. The number of benzene rings is 1. The number of hydrogen-bond acceptors (Lipinski definition) is 3. The molecule has 1 atom stereocenters. The van der Waals surface area contributed by atoms with Crippen molar-refractivity contribution in [1.82, 2.24) is 4.90 Å². The molecule has 0 aliphatic heterocycles. The molecular weight excluding hydrogens is 240 g/mol. The summed E-state index contributed by atoms with van der Waals surface area (Å²) in [5.41, 5.74) is 7.14. The lowest BCUT2D eigenvalue weighted by atomic mass is 10.2. The standard InChI is InChI=1S/C15H26N2S/c1-12(2)18-15-7-5-14(6-8-15)11-17(4)10-9-13(3)16/h5-8,12-13H,9-11,16H2,1-4H3. The molecule has 1 unspecified atom stereocenters. The van der Waals surface area contributed by atoms with E-state index in [1.807, 2.05) is 11.8 Å². The molecule has 0 radical (unpaired) electrons. The van der Waals surface area contributed by atoms with E-state index in [0.717, 1.165) is 19.5 Å². The van der Waals surface area contributed by atoms with Crippen LogP contribution in [0.1, 0.15) is 32.8 Å². The van der Waals surface area contributed by atoms with Crippen molar-refractivity contribution in [2.45, 2.75) is 49.9 Å². The minimum atomic E-state index is 0.289. The predicted molar refractivity (Wildman–Crippen MR) is 82.0 cm³/mol. The summed E-state index contributed by atoms with van der Waals surface area (Å²) in [6, 6.07) is 9.19. The average molecular weight is 266 g/mol. The molecule has 0 aliphatic rings. The molecule has 0 spiro atoms. The zero-order chi connectivity index (χ0) is 13.5. The largest absolute Gasteiger partial charge is 0.328 e. The molecule has 0 bridgehead atoms. The van der Waals surface area contributed by atoms with Gasteiger partial charge in [-0.25, -0.2) is 0 Å². The van der Waals surface area contributed by atoms with Gasteiger partial charge in [0.2, 0.25) is 0 Å². The Morgan fingerprint density at radius 3 is 2.28 bits per heavy atom. The normalized spacial score (nSPS) is 13.3. The molecule has 0 saturated heterocycles. The van der Waals surface area contributed by atoms with Gasteiger partial charge in [-0.05, 0) is 44.6 Å². The third-order valence-electron chi connectivity index (χ3n) is 2.71. The van der Waals surface area contributed by atoms with Crippen LogP contribution in [-0.2, 0) is 6.54 Å². The Hall–Kier alpha value is -0.510. The Bertz CT molecular complexity index is 333. The van der Waals surface area contributed by atoms with Crippen LogP contribution in [0.4, 0.5) is 0 Å². The fourth-order valence-electron chi connectivity index (χ4n) is 1.76. The SMILES string of the molecule is CC(N)CCN(C)Cc1ccc(SC(C)C)cc1. The van der Waals surface area contributed by atoms with E-state index in [4.69, 9.17) is 5.73 Å². The second-order valence-corrected chi connectivity index (χ2v) is 6.96. The van der Waals surface area contributed by atoms with E-state index in [0.29, 0.717) is 5.25 Å². The maximum Gasteiger partial charge on any atom is 0.0230 e. The highest BCUT2D eigenvalue weighted by Gasteiger charge is 2.03. The van der Waals surface area contributed by atoms with Crippen molar-refractivity contribution < 1.29 is 0 Å². The maximum absolute atomic E-state index is 5.77. The Labute approximate surface area is 116 Å². The molecule has 0 amide bonds. The number of hydrogen-bond donors (Lipinski definition) is 1. The molecule has 2 N–H and O–H groups in total.